The minimum atomic E-state index is -0.430. The highest BCUT2D eigenvalue weighted by molar-refractivity contribution is 9.10. The molecule has 0 bridgehead atoms. The molecule has 1 aromatic rings. The van der Waals surface area contributed by atoms with E-state index in [0.717, 1.165) is 25.8 Å². The van der Waals surface area contributed by atoms with Crippen LogP contribution < -0.4 is 5.32 Å². The Bertz CT molecular complexity index is 450. The third-order valence-electron chi connectivity index (χ3n) is 4.17. The SMILES string of the molecule is CNCC1CCC(C)CC1c1c(F)ccc(Br)c1F. The molecule has 0 aromatic heterocycles. The van der Waals surface area contributed by atoms with Gasteiger partial charge in [0.1, 0.15) is 11.6 Å². The van der Waals surface area contributed by atoms with Crippen molar-refractivity contribution in [3.05, 3.63) is 33.8 Å². The zero-order valence-corrected chi connectivity index (χ0v) is 12.9. The van der Waals surface area contributed by atoms with Crippen molar-refractivity contribution in [3.8, 4) is 0 Å². The molecule has 1 aliphatic carbocycles. The zero-order valence-electron chi connectivity index (χ0n) is 11.3. The highest BCUT2D eigenvalue weighted by atomic mass is 79.9. The number of nitrogens with one attached hydrogen (secondary N) is 1. The maximum atomic E-state index is 14.3. The van der Waals surface area contributed by atoms with Gasteiger partial charge in [-0.25, -0.2) is 8.78 Å². The Balaban J connectivity index is 2.38. The molecule has 4 heteroatoms. The van der Waals surface area contributed by atoms with Crippen molar-refractivity contribution in [2.45, 2.75) is 32.1 Å². The minimum absolute atomic E-state index is 0.0336. The molecule has 1 N–H and O–H groups in total. The number of hydrogen-bond donors (Lipinski definition) is 1. The van der Waals surface area contributed by atoms with Gasteiger partial charge in [-0.05, 0) is 72.3 Å². The Morgan fingerprint density at radius 2 is 2.05 bits per heavy atom. The van der Waals surface area contributed by atoms with Gasteiger partial charge in [0.15, 0.2) is 0 Å². The lowest BCUT2D eigenvalue weighted by molar-refractivity contribution is 0.236. The molecule has 2 rings (SSSR count). The van der Waals surface area contributed by atoms with Crippen molar-refractivity contribution < 1.29 is 8.78 Å². The molecule has 3 atom stereocenters. The molecular weight excluding hydrogens is 312 g/mol. The van der Waals surface area contributed by atoms with Crippen molar-refractivity contribution >= 4 is 15.9 Å². The average Bonchev–Trinajstić information content (AvgIpc) is 2.38. The third kappa shape index (κ3) is 3.16. The lowest BCUT2D eigenvalue weighted by Crippen LogP contribution is -2.31. The average molecular weight is 332 g/mol. The van der Waals surface area contributed by atoms with Crippen molar-refractivity contribution in [2.75, 3.05) is 13.6 Å². The molecule has 1 saturated carbocycles. The first-order valence-corrected chi connectivity index (χ1v) is 7.61. The molecular formula is C15H20BrF2N. The molecule has 1 nitrogen and oxygen atoms in total. The molecule has 0 amide bonds. The Morgan fingerprint density at radius 1 is 1.32 bits per heavy atom. The van der Waals surface area contributed by atoms with Gasteiger partial charge >= 0.3 is 0 Å². The fraction of sp³-hybridized carbons (Fsp3) is 0.600. The molecule has 0 spiro atoms. The predicted octanol–water partition coefficient (Wildman–Crippen LogP) is 4.47. The Labute approximate surface area is 121 Å². The van der Waals surface area contributed by atoms with Crippen LogP contribution in [0.15, 0.2) is 16.6 Å². The van der Waals surface area contributed by atoms with Gasteiger partial charge in [-0.2, -0.15) is 0 Å². The number of halogens is 3. The standard InChI is InChI=1S/C15H20BrF2N/c1-9-3-4-10(8-19-2)11(7-9)14-13(17)6-5-12(16)15(14)18/h5-6,9-11,19H,3-4,7-8H2,1-2H3. The second-order valence-electron chi connectivity index (χ2n) is 5.60. The normalized spacial score (nSPS) is 27.5. The van der Waals surface area contributed by atoms with Crippen LogP contribution in [0.5, 0.6) is 0 Å². The molecule has 1 aliphatic rings. The van der Waals surface area contributed by atoms with Crippen molar-refractivity contribution in [2.24, 2.45) is 11.8 Å². The van der Waals surface area contributed by atoms with Crippen molar-refractivity contribution in [3.63, 3.8) is 0 Å². The van der Waals surface area contributed by atoms with Gasteiger partial charge in [0, 0.05) is 5.56 Å². The zero-order chi connectivity index (χ0) is 14.0. The van der Waals surface area contributed by atoms with Crippen LogP contribution in [0.2, 0.25) is 0 Å². The van der Waals surface area contributed by atoms with E-state index in [4.69, 9.17) is 0 Å². The minimum Gasteiger partial charge on any atom is -0.319 e. The van der Waals surface area contributed by atoms with E-state index in [9.17, 15) is 8.78 Å². The van der Waals surface area contributed by atoms with Crippen LogP contribution in [0, 0.1) is 23.5 Å². The highest BCUT2D eigenvalue weighted by Crippen LogP contribution is 2.43. The summed E-state index contributed by atoms with van der Waals surface area (Å²) in [5, 5.41) is 3.15. The maximum absolute atomic E-state index is 14.3. The van der Waals surface area contributed by atoms with E-state index >= 15 is 0 Å². The molecule has 0 heterocycles. The first-order valence-electron chi connectivity index (χ1n) is 6.82. The first kappa shape index (κ1) is 14.9. The lowest BCUT2D eigenvalue weighted by Gasteiger charge is -2.35. The van der Waals surface area contributed by atoms with Gasteiger partial charge < -0.3 is 5.32 Å². The lowest BCUT2D eigenvalue weighted by atomic mass is 9.71. The molecule has 106 valence electrons. The van der Waals surface area contributed by atoms with Gasteiger partial charge in [0.25, 0.3) is 0 Å². The van der Waals surface area contributed by atoms with Crippen LogP contribution in [-0.2, 0) is 0 Å². The fourth-order valence-electron chi connectivity index (χ4n) is 3.19. The predicted molar refractivity (Wildman–Crippen MR) is 77.2 cm³/mol. The molecule has 0 radical (unpaired) electrons. The maximum Gasteiger partial charge on any atom is 0.143 e. The number of hydrogen-bond acceptors (Lipinski definition) is 1. The number of benzene rings is 1. The Morgan fingerprint density at radius 3 is 2.74 bits per heavy atom. The summed E-state index contributed by atoms with van der Waals surface area (Å²) < 4.78 is 28.7. The van der Waals surface area contributed by atoms with Crippen molar-refractivity contribution in [1.29, 1.82) is 0 Å². The molecule has 19 heavy (non-hydrogen) atoms. The summed E-state index contributed by atoms with van der Waals surface area (Å²) in [4.78, 5) is 0. The van der Waals surface area contributed by atoms with E-state index in [0.29, 0.717) is 16.3 Å². The van der Waals surface area contributed by atoms with Crippen LogP contribution in [0.3, 0.4) is 0 Å². The van der Waals surface area contributed by atoms with Crippen LogP contribution in [0.1, 0.15) is 37.7 Å². The van der Waals surface area contributed by atoms with Gasteiger partial charge in [0.2, 0.25) is 0 Å². The smallest absolute Gasteiger partial charge is 0.143 e. The summed E-state index contributed by atoms with van der Waals surface area (Å²) >= 11 is 3.16. The molecule has 0 saturated heterocycles. The fourth-order valence-corrected chi connectivity index (χ4v) is 3.53. The summed E-state index contributed by atoms with van der Waals surface area (Å²) in [5.74, 6) is -0.0507. The van der Waals surface area contributed by atoms with Crippen LogP contribution in [-0.4, -0.2) is 13.6 Å². The Kier molecular flexibility index (Phi) is 4.96. The van der Waals surface area contributed by atoms with Gasteiger partial charge in [-0.1, -0.05) is 13.3 Å². The first-order chi connectivity index (χ1) is 9.04. The molecule has 0 aliphatic heterocycles. The van der Waals surface area contributed by atoms with Gasteiger partial charge in [-0.3, -0.25) is 0 Å². The summed E-state index contributed by atoms with van der Waals surface area (Å²) in [5.41, 5.74) is 0.265. The summed E-state index contributed by atoms with van der Waals surface area (Å²) in [6.07, 6.45) is 3.02. The van der Waals surface area contributed by atoms with Crippen LogP contribution in [0.25, 0.3) is 0 Å². The summed E-state index contributed by atoms with van der Waals surface area (Å²) in [6, 6.07) is 2.80. The van der Waals surface area contributed by atoms with Gasteiger partial charge in [-0.15, -0.1) is 0 Å². The van der Waals surface area contributed by atoms with Gasteiger partial charge in [0.05, 0.1) is 4.47 Å². The van der Waals surface area contributed by atoms with E-state index in [-0.39, 0.29) is 11.5 Å². The van der Waals surface area contributed by atoms with E-state index in [2.05, 4.69) is 28.2 Å². The van der Waals surface area contributed by atoms with Crippen LogP contribution >= 0.6 is 15.9 Å². The quantitative estimate of drug-likeness (QED) is 0.806. The molecule has 1 aromatic carbocycles. The van der Waals surface area contributed by atoms with E-state index in [1.165, 1.54) is 12.1 Å². The van der Waals surface area contributed by atoms with E-state index in [1.54, 1.807) is 0 Å². The van der Waals surface area contributed by atoms with E-state index < -0.39 is 11.6 Å². The number of rotatable bonds is 3. The van der Waals surface area contributed by atoms with E-state index in [1.807, 2.05) is 7.05 Å². The summed E-state index contributed by atoms with van der Waals surface area (Å²) in [6.45, 7) is 2.97. The topological polar surface area (TPSA) is 12.0 Å². The van der Waals surface area contributed by atoms with Crippen LogP contribution in [0.4, 0.5) is 8.78 Å². The second kappa shape index (κ2) is 6.31. The highest BCUT2D eigenvalue weighted by Gasteiger charge is 2.33. The summed E-state index contributed by atoms with van der Waals surface area (Å²) in [7, 11) is 1.89. The van der Waals surface area contributed by atoms with Crippen molar-refractivity contribution in [1.82, 2.24) is 5.32 Å². The monoisotopic (exact) mass is 331 g/mol. The third-order valence-corrected chi connectivity index (χ3v) is 4.78. The molecule has 3 unspecified atom stereocenters. The largest absolute Gasteiger partial charge is 0.319 e. The second-order valence-corrected chi connectivity index (χ2v) is 6.45. The molecule has 1 fully saturated rings. The Hall–Kier alpha value is -0.480.